The van der Waals surface area contributed by atoms with Crippen LogP contribution < -0.4 is 9.46 Å². The van der Waals surface area contributed by atoms with Crippen LogP contribution in [0, 0.1) is 0 Å². The molecule has 0 radical (unpaired) electrons. The van der Waals surface area contributed by atoms with Gasteiger partial charge in [-0.1, -0.05) is 0 Å². The third kappa shape index (κ3) is 3.99. The average molecular weight is 259 g/mol. The second kappa shape index (κ2) is 6.00. The Kier molecular flexibility index (Phi) is 4.92. The molecule has 5 nitrogen and oxygen atoms in total. The standard InChI is InChI=1S/C11H17NO4S/c1-3-16-10-4-6-11(7-5-10)17(14,15)12-9(2)8-13/h4-7,9,12-13H,3,8H2,1-2H3/t9-/m0/s1. The number of benzene rings is 1. The molecular formula is C11H17NO4S. The van der Waals surface area contributed by atoms with Crippen LogP contribution >= 0.6 is 0 Å². The largest absolute Gasteiger partial charge is 0.494 e. The topological polar surface area (TPSA) is 75.6 Å². The number of nitrogens with one attached hydrogen (secondary N) is 1. The van der Waals surface area contributed by atoms with Crippen LogP contribution in [-0.2, 0) is 10.0 Å². The summed E-state index contributed by atoms with van der Waals surface area (Å²) in [5, 5.41) is 8.81. The molecule has 2 N–H and O–H groups in total. The fourth-order valence-electron chi connectivity index (χ4n) is 1.25. The number of ether oxygens (including phenoxy) is 1. The van der Waals surface area contributed by atoms with E-state index in [1.54, 1.807) is 19.1 Å². The predicted octanol–water partition coefficient (Wildman–Crippen LogP) is 0.744. The average Bonchev–Trinajstić information content (AvgIpc) is 2.29. The lowest BCUT2D eigenvalue weighted by Gasteiger charge is -2.11. The van der Waals surface area contributed by atoms with Crippen molar-refractivity contribution in [3.8, 4) is 5.75 Å². The van der Waals surface area contributed by atoms with Crippen LogP contribution in [0.4, 0.5) is 0 Å². The summed E-state index contributed by atoms with van der Waals surface area (Å²) in [7, 11) is -3.57. The summed E-state index contributed by atoms with van der Waals surface area (Å²) in [5.74, 6) is 0.627. The Bertz CT molecular complexity index is 441. The Balaban J connectivity index is 2.85. The van der Waals surface area contributed by atoms with Crippen molar-refractivity contribution in [2.24, 2.45) is 0 Å². The number of aliphatic hydroxyl groups excluding tert-OH is 1. The van der Waals surface area contributed by atoms with E-state index in [0.29, 0.717) is 12.4 Å². The van der Waals surface area contributed by atoms with Crippen LogP contribution in [0.1, 0.15) is 13.8 Å². The molecule has 1 atom stereocenters. The predicted molar refractivity (Wildman–Crippen MR) is 64.5 cm³/mol. The lowest BCUT2D eigenvalue weighted by atomic mass is 10.3. The zero-order valence-corrected chi connectivity index (χ0v) is 10.7. The highest BCUT2D eigenvalue weighted by molar-refractivity contribution is 7.89. The zero-order chi connectivity index (χ0) is 12.9. The van der Waals surface area contributed by atoms with Gasteiger partial charge in [0, 0.05) is 6.04 Å². The first-order chi connectivity index (χ1) is 7.99. The minimum absolute atomic E-state index is 0.154. The molecule has 1 aromatic carbocycles. The number of aliphatic hydroxyl groups is 1. The fraction of sp³-hybridized carbons (Fsp3) is 0.455. The van der Waals surface area contributed by atoms with E-state index in [9.17, 15) is 8.42 Å². The van der Waals surface area contributed by atoms with Crippen LogP contribution in [0.25, 0.3) is 0 Å². The van der Waals surface area contributed by atoms with Crippen molar-refractivity contribution in [2.75, 3.05) is 13.2 Å². The van der Waals surface area contributed by atoms with Crippen LogP contribution in [0.15, 0.2) is 29.2 Å². The summed E-state index contributed by atoms with van der Waals surface area (Å²) in [4.78, 5) is 0.154. The first-order valence-electron chi connectivity index (χ1n) is 5.35. The molecule has 0 bridgehead atoms. The Morgan fingerprint density at radius 3 is 2.41 bits per heavy atom. The maximum absolute atomic E-state index is 11.8. The number of sulfonamides is 1. The van der Waals surface area contributed by atoms with E-state index in [1.165, 1.54) is 12.1 Å². The lowest BCUT2D eigenvalue weighted by Crippen LogP contribution is -2.34. The lowest BCUT2D eigenvalue weighted by molar-refractivity contribution is 0.265. The second-order valence-corrected chi connectivity index (χ2v) is 5.32. The van der Waals surface area contributed by atoms with Crippen LogP contribution in [-0.4, -0.2) is 32.8 Å². The van der Waals surface area contributed by atoms with Crippen LogP contribution in [0.3, 0.4) is 0 Å². The summed E-state index contributed by atoms with van der Waals surface area (Å²) in [5.41, 5.74) is 0. The van der Waals surface area contributed by atoms with Gasteiger partial charge >= 0.3 is 0 Å². The molecule has 6 heteroatoms. The smallest absolute Gasteiger partial charge is 0.240 e. The van der Waals surface area contributed by atoms with Gasteiger partial charge in [-0.25, -0.2) is 13.1 Å². The number of rotatable bonds is 6. The third-order valence-electron chi connectivity index (χ3n) is 2.08. The molecule has 0 aliphatic carbocycles. The molecule has 0 saturated carbocycles. The highest BCUT2D eigenvalue weighted by atomic mass is 32.2. The van der Waals surface area contributed by atoms with E-state index in [-0.39, 0.29) is 11.5 Å². The minimum Gasteiger partial charge on any atom is -0.494 e. The molecule has 1 aromatic rings. The van der Waals surface area contributed by atoms with Crippen molar-refractivity contribution in [3.05, 3.63) is 24.3 Å². The van der Waals surface area contributed by atoms with Gasteiger partial charge in [-0.05, 0) is 38.1 Å². The van der Waals surface area contributed by atoms with Gasteiger partial charge in [0.25, 0.3) is 0 Å². The Morgan fingerprint density at radius 1 is 1.35 bits per heavy atom. The van der Waals surface area contributed by atoms with Gasteiger partial charge in [-0.2, -0.15) is 0 Å². The number of hydrogen-bond donors (Lipinski definition) is 2. The maximum Gasteiger partial charge on any atom is 0.240 e. The highest BCUT2D eigenvalue weighted by Crippen LogP contribution is 2.15. The molecule has 0 amide bonds. The second-order valence-electron chi connectivity index (χ2n) is 3.61. The third-order valence-corrected chi connectivity index (χ3v) is 3.68. The highest BCUT2D eigenvalue weighted by Gasteiger charge is 2.16. The van der Waals surface area contributed by atoms with Crippen LogP contribution in [0.5, 0.6) is 5.75 Å². The van der Waals surface area contributed by atoms with Crippen molar-refractivity contribution in [2.45, 2.75) is 24.8 Å². The SMILES string of the molecule is CCOc1ccc(S(=O)(=O)N[C@@H](C)CO)cc1. The molecule has 0 fully saturated rings. The van der Waals surface area contributed by atoms with E-state index in [1.807, 2.05) is 6.92 Å². The van der Waals surface area contributed by atoms with Gasteiger partial charge in [-0.15, -0.1) is 0 Å². The van der Waals surface area contributed by atoms with Gasteiger partial charge in [0.1, 0.15) is 5.75 Å². The minimum atomic E-state index is -3.57. The summed E-state index contributed by atoms with van der Waals surface area (Å²) >= 11 is 0. The maximum atomic E-state index is 11.8. The van der Waals surface area contributed by atoms with E-state index < -0.39 is 16.1 Å². The van der Waals surface area contributed by atoms with Gasteiger partial charge < -0.3 is 9.84 Å². The summed E-state index contributed by atoms with van der Waals surface area (Å²) in [6.07, 6.45) is 0. The molecule has 1 rings (SSSR count). The van der Waals surface area contributed by atoms with Gasteiger partial charge in [0.05, 0.1) is 18.1 Å². The molecule has 0 aliphatic heterocycles. The van der Waals surface area contributed by atoms with E-state index in [0.717, 1.165) is 0 Å². The molecular weight excluding hydrogens is 242 g/mol. The monoisotopic (exact) mass is 259 g/mol. The number of hydrogen-bond acceptors (Lipinski definition) is 4. The van der Waals surface area contributed by atoms with Crippen molar-refractivity contribution < 1.29 is 18.3 Å². The molecule has 0 unspecified atom stereocenters. The first kappa shape index (κ1) is 14.0. The molecule has 0 spiro atoms. The van der Waals surface area contributed by atoms with Gasteiger partial charge in [-0.3, -0.25) is 0 Å². The summed E-state index contributed by atoms with van der Waals surface area (Å²) in [6.45, 7) is 3.74. The van der Waals surface area contributed by atoms with E-state index in [2.05, 4.69) is 4.72 Å². The molecule has 96 valence electrons. The van der Waals surface area contributed by atoms with Gasteiger partial charge in [0.15, 0.2) is 0 Å². The van der Waals surface area contributed by atoms with Crippen LogP contribution in [0.2, 0.25) is 0 Å². The van der Waals surface area contributed by atoms with Gasteiger partial charge in [0.2, 0.25) is 10.0 Å². The summed E-state index contributed by atoms with van der Waals surface area (Å²) < 4.78 is 31.2. The molecule has 0 aromatic heterocycles. The van der Waals surface area contributed by atoms with E-state index in [4.69, 9.17) is 9.84 Å². The Morgan fingerprint density at radius 2 is 1.94 bits per heavy atom. The van der Waals surface area contributed by atoms with Crippen molar-refractivity contribution >= 4 is 10.0 Å². The fourth-order valence-corrected chi connectivity index (χ4v) is 2.49. The Hall–Kier alpha value is -1.11. The van der Waals surface area contributed by atoms with E-state index >= 15 is 0 Å². The van der Waals surface area contributed by atoms with Crippen molar-refractivity contribution in [1.29, 1.82) is 0 Å². The summed E-state index contributed by atoms with van der Waals surface area (Å²) in [6, 6.07) is 5.63. The quantitative estimate of drug-likeness (QED) is 0.790. The molecule has 0 saturated heterocycles. The zero-order valence-electron chi connectivity index (χ0n) is 9.88. The molecule has 0 heterocycles. The first-order valence-corrected chi connectivity index (χ1v) is 6.84. The molecule has 17 heavy (non-hydrogen) atoms. The molecule has 0 aliphatic rings. The Labute approximate surface area is 101 Å². The van der Waals surface area contributed by atoms with Crippen molar-refractivity contribution in [3.63, 3.8) is 0 Å². The normalized spacial score (nSPS) is 13.4. The van der Waals surface area contributed by atoms with Crippen molar-refractivity contribution in [1.82, 2.24) is 4.72 Å².